The lowest BCUT2D eigenvalue weighted by Gasteiger charge is -2.19. The van der Waals surface area contributed by atoms with E-state index in [9.17, 15) is 5.11 Å². The molecule has 25 heavy (non-hydrogen) atoms. The van der Waals surface area contributed by atoms with Crippen LogP contribution >= 0.6 is 0 Å². The van der Waals surface area contributed by atoms with E-state index in [4.69, 9.17) is 4.74 Å². The Morgan fingerprint density at radius 3 is 1.80 bits per heavy atom. The first-order chi connectivity index (χ1) is 12.3. The number of aliphatic hydroxyl groups excluding tert-OH is 1. The molecule has 0 aromatic rings. The fourth-order valence-electron chi connectivity index (χ4n) is 3.45. The average Bonchev–Trinajstić information content (AvgIpc) is 2.61. The number of hydrogen-bond donors (Lipinski definition) is 1. The predicted molar refractivity (Wildman–Crippen MR) is 108 cm³/mol. The zero-order chi connectivity index (χ0) is 18.2. The highest BCUT2D eigenvalue weighted by Crippen LogP contribution is 2.19. The summed E-state index contributed by atoms with van der Waals surface area (Å²) in [5.74, 6) is 0.991. The summed E-state index contributed by atoms with van der Waals surface area (Å²) >= 11 is 0. The number of aliphatic hydroxyl groups is 1. The quantitative estimate of drug-likeness (QED) is 0.320. The van der Waals surface area contributed by atoms with Crippen LogP contribution in [0.15, 0.2) is 16.8 Å². The van der Waals surface area contributed by atoms with Crippen LogP contribution in [0.3, 0.4) is 0 Å². The van der Waals surface area contributed by atoms with E-state index < -0.39 is 0 Å². The van der Waals surface area contributed by atoms with Crippen molar-refractivity contribution in [2.24, 2.45) is 4.99 Å². The fraction of sp³-hybridized carbons (Fsp3) is 0.864. The smallest absolute Gasteiger partial charge is 0.186 e. The number of rotatable bonds is 16. The van der Waals surface area contributed by atoms with Crippen molar-refractivity contribution in [1.29, 1.82) is 0 Å². The highest BCUT2D eigenvalue weighted by atomic mass is 16.5. The molecule has 0 amide bonds. The maximum Gasteiger partial charge on any atom is 0.186 e. The van der Waals surface area contributed by atoms with Gasteiger partial charge in [-0.05, 0) is 19.4 Å². The molecule has 0 aliphatic carbocycles. The van der Waals surface area contributed by atoms with Crippen LogP contribution in [0.2, 0.25) is 0 Å². The van der Waals surface area contributed by atoms with Gasteiger partial charge in [0.1, 0.15) is 5.76 Å². The summed E-state index contributed by atoms with van der Waals surface area (Å²) in [5.41, 5.74) is 0.749. The summed E-state index contributed by atoms with van der Waals surface area (Å²) in [7, 11) is 0. The van der Waals surface area contributed by atoms with Crippen molar-refractivity contribution < 1.29 is 9.84 Å². The van der Waals surface area contributed by atoms with E-state index in [1.54, 1.807) is 0 Å². The minimum absolute atomic E-state index is 0.00986. The van der Waals surface area contributed by atoms with Crippen LogP contribution in [0.25, 0.3) is 0 Å². The van der Waals surface area contributed by atoms with Crippen LogP contribution in [0.1, 0.15) is 110 Å². The summed E-state index contributed by atoms with van der Waals surface area (Å²) in [6.07, 6.45) is 22.1. The molecular formula is C22H41NO2. The second kappa shape index (κ2) is 15.4. The third-order valence-electron chi connectivity index (χ3n) is 4.94. The van der Waals surface area contributed by atoms with Gasteiger partial charge in [0.05, 0.1) is 12.3 Å². The summed E-state index contributed by atoms with van der Waals surface area (Å²) < 4.78 is 5.69. The van der Waals surface area contributed by atoms with Gasteiger partial charge in [-0.25, -0.2) is 4.99 Å². The van der Waals surface area contributed by atoms with Crippen LogP contribution in [0.5, 0.6) is 0 Å². The monoisotopic (exact) mass is 351 g/mol. The largest absolute Gasteiger partial charge is 0.473 e. The van der Waals surface area contributed by atoms with Crippen LogP contribution in [0, 0.1) is 0 Å². The van der Waals surface area contributed by atoms with Crippen molar-refractivity contribution in [3.63, 3.8) is 0 Å². The van der Waals surface area contributed by atoms with E-state index in [1.165, 1.54) is 89.9 Å². The predicted octanol–water partition coefficient (Wildman–Crippen LogP) is 6.55. The molecule has 0 aromatic heterocycles. The first kappa shape index (κ1) is 22.2. The average molecular weight is 352 g/mol. The lowest BCUT2D eigenvalue weighted by Crippen LogP contribution is -2.17. The van der Waals surface area contributed by atoms with Crippen molar-refractivity contribution in [3.8, 4) is 0 Å². The van der Waals surface area contributed by atoms with E-state index >= 15 is 0 Å². The Morgan fingerprint density at radius 2 is 1.32 bits per heavy atom. The molecule has 0 radical (unpaired) electrons. The van der Waals surface area contributed by atoms with E-state index in [-0.39, 0.29) is 12.8 Å². The number of allylic oxidation sites excluding steroid dienone is 1. The molecule has 3 heteroatoms. The Labute approximate surface area is 156 Å². The molecule has 3 nitrogen and oxygen atoms in total. The summed E-state index contributed by atoms with van der Waals surface area (Å²) in [6, 6.07) is 0. The number of unbranched alkanes of at least 4 members (excludes halogenated alkanes) is 13. The van der Waals surface area contributed by atoms with Gasteiger partial charge in [0, 0.05) is 6.42 Å². The fourth-order valence-corrected chi connectivity index (χ4v) is 3.45. The zero-order valence-corrected chi connectivity index (χ0v) is 16.8. The number of ether oxygens (including phenoxy) is 1. The van der Waals surface area contributed by atoms with Gasteiger partial charge in [0.25, 0.3) is 0 Å². The maximum atomic E-state index is 9.19. The molecule has 0 fully saturated rings. The molecule has 1 atom stereocenters. The lowest BCUT2D eigenvalue weighted by molar-refractivity contribution is 0.126. The van der Waals surface area contributed by atoms with Crippen LogP contribution in [-0.4, -0.2) is 23.7 Å². The Kier molecular flexibility index (Phi) is 13.7. The van der Waals surface area contributed by atoms with Gasteiger partial charge in [-0.3, -0.25) is 0 Å². The maximum absolute atomic E-state index is 9.19. The SMILES string of the molecule is CCCCCCCCCCCCCCCCC1=CC(CO)=NC(C)O1. The van der Waals surface area contributed by atoms with Crippen LogP contribution in [0.4, 0.5) is 0 Å². The van der Waals surface area contributed by atoms with Crippen LogP contribution in [-0.2, 0) is 4.74 Å². The molecule has 0 bridgehead atoms. The van der Waals surface area contributed by atoms with E-state index in [1.807, 2.05) is 13.0 Å². The topological polar surface area (TPSA) is 41.8 Å². The van der Waals surface area contributed by atoms with Gasteiger partial charge in [-0.2, -0.15) is 0 Å². The van der Waals surface area contributed by atoms with E-state index in [0.29, 0.717) is 0 Å². The first-order valence-electron chi connectivity index (χ1n) is 10.8. The highest BCUT2D eigenvalue weighted by Gasteiger charge is 2.12. The molecule has 146 valence electrons. The number of hydrogen-bond acceptors (Lipinski definition) is 3. The molecule has 0 aromatic carbocycles. The normalized spacial score (nSPS) is 17.2. The van der Waals surface area contributed by atoms with Crippen molar-refractivity contribution in [2.45, 2.75) is 116 Å². The molecule has 0 saturated heterocycles. The molecule has 1 N–H and O–H groups in total. The standard InChI is InChI=1S/C22H41NO2/c1-3-4-5-6-7-8-9-10-11-12-13-14-15-16-17-22-18-21(19-24)23-20(2)25-22/h18,20,24H,3-17,19H2,1-2H3. The van der Waals surface area contributed by atoms with Crippen molar-refractivity contribution in [2.75, 3.05) is 6.61 Å². The Hall–Kier alpha value is -0.830. The van der Waals surface area contributed by atoms with E-state index in [0.717, 1.165) is 17.9 Å². The molecular weight excluding hydrogens is 310 g/mol. The third-order valence-corrected chi connectivity index (χ3v) is 4.94. The molecule has 0 spiro atoms. The second-order valence-corrected chi connectivity index (χ2v) is 7.45. The van der Waals surface area contributed by atoms with Gasteiger partial charge in [0.2, 0.25) is 0 Å². The van der Waals surface area contributed by atoms with Crippen molar-refractivity contribution >= 4 is 5.71 Å². The van der Waals surface area contributed by atoms with Crippen LogP contribution < -0.4 is 0 Å². The molecule has 1 aliphatic heterocycles. The molecule has 1 heterocycles. The summed E-state index contributed by atoms with van der Waals surface area (Å²) in [6.45, 7) is 4.22. The Bertz CT molecular complexity index is 376. The lowest BCUT2D eigenvalue weighted by atomic mass is 10.0. The summed E-state index contributed by atoms with van der Waals surface area (Å²) in [4.78, 5) is 4.24. The Balaban J connectivity index is 1.85. The number of nitrogens with zero attached hydrogens (tertiary/aromatic N) is 1. The van der Waals surface area contributed by atoms with Crippen molar-refractivity contribution in [1.82, 2.24) is 0 Å². The Morgan fingerprint density at radius 1 is 0.840 bits per heavy atom. The molecule has 0 saturated carbocycles. The third kappa shape index (κ3) is 12.2. The first-order valence-corrected chi connectivity index (χ1v) is 10.8. The second-order valence-electron chi connectivity index (χ2n) is 7.45. The van der Waals surface area contributed by atoms with Gasteiger partial charge >= 0.3 is 0 Å². The minimum atomic E-state index is -0.145. The molecule has 1 unspecified atom stereocenters. The van der Waals surface area contributed by atoms with Crippen molar-refractivity contribution in [3.05, 3.63) is 11.8 Å². The van der Waals surface area contributed by atoms with Gasteiger partial charge < -0.3 is 9.84 Å². The zero-order valence-electron chi connectivity index (χ0n) is 16.8. The highest BCUT2D eigenvalue weighted by molar-refractivity contribution is 5.96. The van der Waals surface area contributed by atoms with E-state index in [2.05, 4.69) is 11.9 Å². The summed E-state index contributed by atoms with van der Waals surface area (Å²) in [5, 5.41) is 9.19. The molecule has 1 aliphatic rings. The van der Waals surface area contributed by atoms with Gasteiger partial charge in [-0.1, -0.05) is 90.4 Å². The number of aliphatic imine (C=N–C) groups is 1. The minimum Gasteiger partial charge on any atom is -0.473 e. The van der Waals surface area contributed by atoms with Gasteiger partial charge in [-0.15, -0.1) is 0 Å². The van der Waals surface area contributed by atoms with Gasteiger partial charge in [0.15, 0.2) is 6.23 Å². The molecule has 1 rings (SSSR count).